The topological polar surface area (TPSA) is 78.5 Å². The summed E-state index contributed by atoms with van der Waals surface area (Å²) in [5.41, 5.74) is 0.680. The molecule has 0 radical (unpaired) electrons. The molecule has 0 unspecified atom stereocenters. The zero-order valence-electron chi connectivity index (χ0n) is 14.8. The third-order valence-electron chi connectivity index (χ3n) is 4.53. The quantitative estimate of drug-likeness (QED) is 0.793. The number of carbonyl (C=O) groups excluding carboxylic acids is 1. The number of carbonyl (C=O) groups is 1. The molecule has 0 spiro atoms. The maximum Gasteiger partial charge on any atom is 0.319 e. The Morgan fingerprint density at radius 3 is 2.52 bits per heavy atom. The van der Waals surface area contributed by atoms with Gasteiger partial charge in [-0.1, -0.05) is 48.4 Å². The molecule has 2 aromatic carbocycles. The molecule has 0 saturated carbocycles. The van der Waals surface area contributed by atoms with Gasteiger partial charge < -0.3 is 10.6 Å². The van der Waals surface area contributed by atoms with Crippen molar-refractivity contribution in [1.82, 2.24) is 9.62 Å². The van der Waals surface area contributed by atoms with E-state index in [9.17, 15) is 13.2 Å². The zero-order valence-corrected chi connectivity index (χ0v) is 16.3. The summed E-state index contributed by atoms with van der Waals surface area (Å²) < 4.78 is 27.6. The number of halogens is 1. The maximum atomic E-state index is 13.1. The fraction of sp³-hybridized carbons (Fsp3) is 0.316. The van der Waals surface area contributed by atoms with Crippen LogP contribution in [0.1, 0.15) is 19.3 Å². The Morgan fingerprint density at radius 1 is 1.07 bits per heavy atom. The number of hydrogen-bond acceptors (Lipinski definition) is 3. The van der Waals surface area contributed by atoms with Crippen molar-refractivity contribution >= 4 is 33.3 Å². The van der Waals surface area contributed by atoms with Gasteiger partial charge in [0.1, 0.15) is 4.90 Å². The van der Waals surface area contributed by atoms with Crippen LogP contribution in [-0.2, 0) is 10.0 Å². The number of piperidine rings is 1. The van der Waals surface area contributed by atoms with Gasteiger partial charge in [-0.15, -0.1) is 0 Å². The van der Waals surface area contributed by atoms with E-state index in [1.165, 1.54) is 10.4 Å². The second-order valence-electron chi connectivity index (χ2n) is 6.40. The molecule has 1 heterocycles. The molecule has 1 fully saturated rings. The van der Waals surface area contributed by atoms with E-state index < -0.39 is 10.0 Å². The first-order chi connectivity index (χ1) is 13.0. The molecule has 1 saturated heterocycles. The van der Waals surface area contributed by atoms with E-state index in [4.69, 9.17) is 11.6 Å². The number of anilines is 1. The van der Waals surface area contributed by atoms with Gasteiger partial charge in [0.05, 0.1) is 5.02 Å². The second-order valence-corrected chi connectivity index (χ2v) is 8.66. The van der Waals surface area contributed by atoms with E-state index in [1.54, 1.807) is 30.3 Å². The number of urea groups is 1. The molecule has 6 nitrogen and oxygen atoms in total. The van der Waals surface area contributed by atoms with Crippen LogP contribution in [-0.4, -0.2) is 37.9 Å². The van der Waals surface area contributed by atoms with Crippen molar-refractivity contribution in [2.24, 2.45) is 0 Å². The summed E-state index contributed by atoms with van der Waals surface area (Å²) in [5.74, 6) is 0. The van der Waals surface area contributed by atoms with Crippen LogP contribution in [0.25, 0.3) is 0 Å². The monoisotopic (exact) mass is 407 g/mol. The van der Waals surface area contributed by atoms with Gasteiger partial charge in [-0.2, -0.15) is 4.31 Å². The number of amides is 2. The van der Waals surface area contributed by atoms with Crippen molar-refractivity contribution in [3.05, 3.63) is 59.6 Å². The first-order valence-electron chi connectivity index (χ1n) is 8.85. The fourth-order valence-electron chi connectivity index (χ4n) is 3.18. The highest BCUT2D eigenvalue weighted by atomic mass is 35.5. The minimum atomic E-state index is -3.72. The minimum Gasteiger partial charge on any atom is -0.336 e. The number of nitrogens with zero attached hydrogens (tertiary/aromatic N) is 1. The predicted molar refractivity (Wildman–Crippen MR) is 106 cm³/mol. The highest BCUT2D eigenvalue weighted by Gasteiger charge is 2.34. The Labute approximate surface area is 164 Å². The second kappa shape index (κ2) is 8.73. The van der Waals surface area contributed by atoms with Crippen molar-refractivity contribution < 1.29 is 13.2 Å². The van der Waals surface area contributed by atoms with Crippen molar-refractivity contribution in [3.63, 3.8) is 0 Å². The fourth-order valence-corrected chi connectivity index (χ4v) is 5.37. The molecular weight excluding hydrogens is 386 g/mol. The molecule has 1 aliphatic rings. The molecule has 2 amide bonds. The van der Waals surface area contributed by atoms with E-state index in [0.717, 1.165) is 12.8 Å². The summed E-state index contributed by atoms with van der Waals surface area (Å²) in [5, 5.41) is 5.72. The van der Waals surface area contributed by atoms with Crippen molar-refractivity contribution in [1.29, 1.82) is 0 Å². The molecule has 0 aliphatic carbocycles. The number of rotatable bonds is 5. The highest BCUT2D eigenvalue weighted by Crippen LogP contribution is 2.29. The lowest BCUT2D eigenvalue weighted by Gasteiger charge is -2.35. The number of nitrogens with one attached hydrogen (secondary N) is 2. The van der Waals surface area contributed by atoms with Crippen LogP contribution in [0, 0.1) is 0 Å². The standard InChI is InChI=1S/C19H22ClN3O3S/c20-17-11-4-5-12-18(17)27(25,26)23-13-7-6-10-16(23)14-21-19(24)22-15-8-2-1-3-9-15/h1-5,8-9,11-12,16H,6-7,10,13-14H2,(H2,21,22,24)/t16-/m0/s1. The summed E-state index contributed by atoms with van der Waals surface area (Å²) in [6.45, 7) is 0.655. The largest absolute Gasteiger partial charge is 0.336 e. The highest BCUT2D eigenvalue weighted by molar-refractivity contribution is 7.89. The lowest BCUT2D eigenvalue weighted by molar-refractivity contribution is 0.231. The molecule has 2 N–H and O–H groups in total. The van der Waals surface area contributed by atoms with Crippen LogP contribution in [0.4, 0.5) is 10.5 Å². The van der Waals surface area contributed by atoms with Gasteiger partial charge in [-0.3, -0.25) is 0 Å². The molecule has 1 aliphatic heterocycles. The SMILES string of the molecule is O=C(NC[C@@H]1CCCCN1S(=O)(=O)c1ccccc1Cl)Nc1ccccc1. The Hall–Kier alpha value is -2.09. The summed E-state index contributed by atoms with van der Waals surface area (Å²) in [4.78, 5) is 12.2. The minimum absolute atomic E-state index is 0.104. The Balaban J connectivity index is 1.68. The molecular formula is C19H22ClN3O3S. The maximum absolute atomic E-state index is 13.1. The Morgan fingerprint density at radius 2 is 1.78 bits per heavy atom. The van der Waals surface area contributed by atoms with Crippen molar-refractivity contribution in [2.45, 2.75) is 30.2 Å². The van der Waals surface area contributed by atoms with Gasteiger partial charge in [0.15, 0.2) is 0 Å². The number of para-hydroxylation sites is 1. The third-order valence-corrected chi connectivity index (χ3v) is 6.98. The molecule has 0 bridgehead atoms. The van der Waals surface area contributed by atoms with Crippen LogP contribution in [0.2, 0.25) is 5.02 Å². The first-order valence-corrected chi connectivity index (χ1v) is 10.7. The lowest BCUT2D eigenvalue weighted by Crippen LogP contribution is -2.49. The molecule has 0 aromatic heterocycles. The molecule has 144 valence electrons. The van der Waals surface area contributed by atoms with Crippen LogP contribution in [0.15, 0.2) is 59.5 Å². The van der Waals surface area contributed by atoms with Crippen molar-refractivity contribution in [2.75, 3.05) is 18.4 Å². The average Bonchev–Trinajstić information content (AvgIpc) is 2.67. The van der Waals surface area contributed by atoms with Crippen LogP contribution in [0.3, 0.4) is 0 Å². The number of hydrogen-bond donors (Lipinski definition) is 2. The van der Waals surface area contributed by atoms with Gasteiger partial charge in [-0.05, 0) is 37.1 Å². The van der Waals surface area contributed by atoms with Crippen molar-refractivity contribution in [3.8, 4) is 0 Å². The molecule has 8 heteroatoms. The summed E-state index contributed by atoms with van der Waals surface area (Å²) in [6.07, 6.45) is 2.40. The lowest BCUT2D eigenvalue weighted by atomic mass is 10.1. The van der Waals surface area contributed by atoms with Gasteiger partial charge >= 0.3 is 6.03 Å². The van der Waals surface area contributed by atoms with Gasteiger partial charge in [-0.25, -0.2) is 13.2 Å². The van der Waals surface area contributed by atoms with E-state index in [0.29, 0.717) is 18.7 Å². The summed E-state index contributed by atoms with van der Waals surface area (Å²) in [7, 11) is -3.72. The molecule has 1 atom stereocenters. The van der Waals surface area contributed by atoms with E-state index in [-0.39, 0.29) is 28.5 Å². The van der Waals surface area contributed by atoms with Gasteiger partial charge in [0.2, 0.25) is 10.0 Å². The van der Waals surface area contributed by atoms with Gasteiger partial charge in [0.25, 0.3) is 0 Å². The smallest absolute Gasteiger partial charge is 0.319 e. The van der Waals surface area contributed by atoms with E-state index in [1.807, 2.05) is 18.2 Å². The number of benzene rings is 2. The predicted octanol–water partition coefficient (Wildman–Crippen LogP) is 3.70. The zero-order chi connectivity index (χ0) is 19.3. The average molecular weight is 408 g/mol. The third kappa shape index (κ3) is 4.80. The number of sulfonamides is 1. The van der Waals surface area contributed by atoms with E-state index in [2.05, 4.69) is 10.6 Å². The molecule has 2 aromatic rings. The molecule has 27 heavy (non-hydrogen) atoms. The van der Waals surface area contributed by atoms with E-state index >= 15 is 0 Å². The molecule has 3 rings (SSSR count). The Bertz CT molecular complexity index is 890. The normalized spacial score (nSPS) is 18.0. The Kier molecular flexibility index (Phi) is 6.36. The van der Waals surface area contributed by atoms with Crippen LogP contribution >= 0.6 is 11.6 Å². The van der Waals surface area contributed by atoms with Gasteiger partial charge in [0, 0.05) is 24.8 Å². The van der Waals surface area contributed by atoms with Crippen LogP contribution < -0.4 is 10.6 Å². The summed E-state index contributed by atoms with van der Waals surface area (Å²) in [6, 6.07) is 14.9. The first kappa shape index (κ1) is 19.7. The summed E-state index contributed by atoms with van der Waals surface area (Å²) >= 11 is 6.11. The van der Waals surface area contributed by atoms with Crippen LogP contribution in [0.5, 0.6) is 0 Å².